The maximum absolute atomic E-state index is 12.8. The van der Waals surface area contributed by atoms with Crippen LogP contribution in [0.15, 0.2) is 18.2 Å². The minimum absolute atomic E-state index is 0.129. The third-order valence-corrected chi connectivity index (χ3v) is 3.43. The Morgan fingerprint density at radius 3 is 1.44 bits per heavy atom. The van der Waals surface area contributed by atoms with Crippen LogP contribution in [0.3, 0.4) is 0 Å². The SMILES string of the molecule is CC(C)c1cc(C(C)C)cc([P+](F)(F)F)c1. The Morgan fingerprint density at radius 1 is 0.812 bits per heavy atom. The molecule has 1 aromatic rings. The number of benzene rings is 1. The van der Waals surface area contributed by atoms with E-state index < -0.39 is 13.5 Å². The van der Waals surface area contributed by atoms with Gasteiger partial charge in [-0.15, -0.1) is 0 Å². The average molecular weight is 249 g/mol. The molecule has 0 atom stereocenters. The zero-order valence-electron chi connectivity index (χ0n) is 9.97. The van der Waals surface area contributed by atoms with Crippen LogP contribution in [0, 0.1) is 0 Å². The number of halogens is 3. The van der Waals surface area contributed by atoms with Crippen LogP contribution >= 0.6 is 8.19 Å². The van der Waals surface area contributed by atoms with Crippen LogP contribution in [0.2, 0.25) is 0 Å². The van der Waals surface area contributed by atoms with Crippen molar-refractivity contribution in [2.45, 2.75) is 39.5 Å². The van der Waals surface area contributed by atoms with Crippen molar-refractivity contribution in [1.29, 1.82) is 0 Å². The Morgan fingerprint density at radius 2 is 1.19 bits per heavy atom. The molecule has 0 N–H and O–H groups in total. The summed E-state index contributed by atoms with van der Waals surface area (Å²) < 4.78 is 38.4. The third kappa shape index (κ3) is 3.21. The average Bonchev–Trinajstić information content (AvgIpc) is 2.15. The minimum atomic E-state index is -5.40. The van der Waals surface area contributed by atoms with E-state index in [1.165, 1.54) is 12.1 Å². The molecule has 0 unspecified atom stereocenters. The van der Waals surface area contributed by atoms with Crippen LogP contribution < -0.4 is 5.30 Å². The molecule has 0 fully saturated rings. The molecule has 0 nitrogen and oxygen atoms in total. The molecule has 0 radical (unpaired) electrons. The van der Waals surface area contributed by atoms with Gasteiger partial charge < -0.3 is 0 Å². The summed E-state index contributed by atoms with van der Waals surface area (Å²) in [6.07, 6.45) is 0. The van der Waals surface area contributed by atoms with E-state index in [1.54, 1.807) is 0 Å². The van der Waals surface area contributed by atoms with E-state index in [0.29, 0.717) is 0 Å². The molecule has 0 amide bonds. The van der Waals surface area contributed by atoms with Crippen molar-refractivity contribution >= 4 is 13.5 Å². The molecule has 0 aromatic heterocycles. The minimum Gasteiger partial charge on any atom is -0.0587 e. The quantitative estimate of drug-likeness (QED) is 0.643. The molecule has 0 saturated carbocycles. The first-order valence-corrected chi connectivity index (χ1v) is 6.81. The summed E-state index contributed by atoms with van der Waals surface area (Å²) >= 11 is 0. The van der Waals surface area contributed by atoms with Crippen LogP contribution in [0.25, 0.3) is 0 Å². The lowest BCUT2D eigenvalue weighted by molar-refractivity contribution is 0.607. The first-order valence-electron chi connectivity index (χ1n) is 5.35. The molecule has 1 aromatic carbocycles. The summed E-state index contributed by atoms with van der Waals surface area (Å²) in [4.78, 5) is 0. The Labute approximate surface area is 95.6 Å². The van der Waals surface area contributed by atoms with E-state index in [2.05, 4.69) is 0 Å². The van der Waals surface area contributed by atoms with Crippen molar-refractivity contribution < 1.29 is 12.6 Å². The van der Waals surface area contributed by atoms with Crippen LogP contribution in [-0.4, -0.2) is 0 Å². The summed E-state index contributed by atoms with van der Waals surface area (Å²) in [6, 6.07) is 4.48. The van der Waals surface area contributed by atoms with Gasteiger partial charge in [-0.25, -0.2) is 0 Å². The number of hydrogen-bond donors (Lipinski definition) is 0. The number of hydrogen-bond acceptors (Lipinski definition) is 0. The van der Waals surface area contributed by atoms with E-state index in [0.717, 1.165) is 11.1 Å². The van der Waals surface area contributed by atoms with Gasteiger partial charge in [-0.2, -0.15) is 0 Å². The van der Waals surface area contributed by atoms with Gasteiger partial charge in [0.2, 0.25) is 0 Å². The second-order valence-corrected chi connectivity index (χ2v) is 6.02. The summed E-state index contributed by atoms with van der Waals surface area (Å²) in [7, 11) is -5.40. The molecule has 0 aliphatic carbocycles. The molecular formula is C12H17F3P+. The fourth-order valence-electron chi connectivity index (χ4n) is 1.47. The van der Waals surface area contributed by atoms with Crippen molar-refractivity contribution in [3.05, 3.63) is 29.3 Å². The maximum Gasteiger partial charge on any atom is 0.602 e. The largest absolute Gasteiger partial charge is 0.602 e. The van der Waals surface area contributed by atoms with Crippen LogP contribution in [0.5, 0.6) is 0 Å². The highest BCUT2D eigenvalue weighted by Crippen LogP contribution is 2.63. The van der Waals surface area contributed by atoms with Crippen LogP contribution in [0.1, 0.15) is 50.7 Å². The highest BCUT2D eigenvalue weighted by molar-refractivity contribution is 7.68. The van der Waals surface area contributed by atoms with Gasteiger partial charge in [-0.05, 0) is 35.1 Å². The molecule has 0 bridgehead atoms. The second kappa shape index (κ2) is 4.75. The zero-order chi connectivity index (χ0) is 12.5. The van der Waals surface area contributed by atoms with E-state index in [-0.39, 0.29) is 11.8 Å². The van der Waals surface area contributed by atoms with Gasteiger partial charge in [0.05, 0.1) is 0 Å². The first kappa shape index (κ1) is 13.5. The zero-order valence-corrected chi connectivity index (χ0v) is 10.9. The monoisotopic (exact) mass is 249 g/mol. The molecule has 0 aliphatic heterocycles. The topological polar surface area (TPSA) is 0 Å². The van der Waals surface area contributed by atoms with E-state index in [9.17, 15) is 12.6 Å². The molecule has 16 heavy (non-hydrogen) atoms. The lowest BCUT2D eigenvalue weighted by atomic mass is 9.96. The summed E-state index contributed by atoms with van der Waals surface area (Å²) in [5, 5.41) is -0.428. The van der Waals surface area contributed by atoms with Crippen molar-refractivity contribution in [2.24, 2.45) is 0 Å². The van der Waals surface area contributed by atoms with Crippen molar-refractivity contribution in [2.75, 3.05) is 0 Å². The first-order chi connectivity index (χ1) is 7.21. The molecule has 4 heteroatoms. The van der Waals surface area contributed by atoms with E-state index in [4.69, 9.17) is 0 Å². The lowest BCUT2D eigenvalue weighted by Gasteiger charge is -2.11. The highest BCUT2D eigenvalue weighted by Gasteiger charge is 2.47. The molecule has 0 saturated heterocycles. The van der Waals surface area contributed by atoms with Crippen molar-refractivity contribution in [3.63, 3.8) is 0 Å². The van der Waals surface area contributed by atoms with Gasteiger partial charge in [-0.3, -0.25) is 0 Å². The smallest absolute Gasteiger partial charge is 0.0587 e. The van der Waals surface area contributed by atoms with Crippen molar-refractivity contribution in [3.8, 4) is 0 Å². The molecule has 0 heterocycles. The van der Waals surface area contributed by atoms with Crippen molar-refractivity contribution in [1.82, 2.24) is 0 Å². The Kier molecular flexibility index (Phi) is 4.01. The molecule has 0 aliphatic rings. The normalized spacial score (nSPS) is 12.6. The van der Waals surface area contributed by atoms with Gasteiger partial charge >= 0.3 is 8.19 Å². The molecule has 90 valence electrons. The Hall–Kier alpha value is -0.560. The summed E-state index contributed by atoms with van der Waals surface area (Å²) in [6.45, 7) is 7.66. The van der Waals surface area contributed by atoms with Gasteiger partial charge in [0.25, 0.3) is 0 Å². The maximum atomic E-state index is 12.8. The molecular weight excluding hydrogens is 232 g/mol. The summed E-state index contributed by atoms with van der Waals surface area (Å²) in [5.74, 6) is 0.257. The molecule has 0 spiro atoms. The predicted molar refractivity (Wildman–Crippen MR) is 64.5 cm³/mol. The van der Waals surface area contributed by atoms with Gasteiger partial charge in [-0.1, -0.05) is 33.8 Å². The number of rotatable bonds is 3. The summed E-state index contributed by atoms with van der Waals surface area (Å²) in [5.41, 5.74) is 1.55. The second-order valence-electron chi connectivity index (χ2n) is 4.61. The van der Waals surface area contributed by atoms with Gasteiger partial charge in [0, 0.05) is 12.6 Å². The predicted octanol–water partition coefficient (Wildman–Crippen LogP) is 5.23. The highest BCUT2D eigenvalue weighted by atomic mass is 31.3. The molecule has 1 rings (SSSR count). The van der Waals surface area contributed by atoms with Gasteiger partial charge in [0.15, 0.2) is 5.30 Å². The third-order valence-electron chi connectivity index (χ3n) is 2.59. The Balaban J connectivity index is 3.30. The van der Waals surface area contributed by atoms with E-state index >= 15 is 0 Å². The Bertz CT molecular complexity index is 341. The van der Waals surface area contributed by atoms with Gasteiger partial charge in [0.1, 0.15) is 0 Å². The lowest BCUT2D eigenvalue weighted by Crippen LogP contribution is -2.07. The van der Waals surface area contributed by atoms with E-state index in [1.807, 2.05) is 33.8 Å². The standard InChI is InChI=1S/C12H17F3P/c1-8(2)10-5-11(9(3)4)7-12(6-10)16(13,14)15/h5-9H,1-4H3/q+1. The fraction of sp³-hybridized carbons (Fsp3) is 0.500. The fourth-order valence-corrected chi connectivity index (χ4v) is 2.06. The van der Waals surface area contributed by atoms with Crippen LogP contribution in [0.4, 0.5) is 12.6 Å². The van der Waals surface area contributed by atoms with Crippen LogP contribution in [-0.2, 0) is 0 Å².